The van der Waals surface area contributed by atoms with Crippen LogP contribution in [0.3, 0.4) is 0 Å². The fraction of sp³-hybridized carbons (Fsp3) is 0.929. The van der Waals surface area contributed by atoms with E-state index in [4.69, 9.17) is 0 Å². The minimum atomic E-state index is 0.0927. The third-order valence-corrected chi connectivity index (χ3v) is 4.90. The molecule has 1 nitrogen and oxygen atoms in total. The Morgan fingerprint density at radius 3 is 2.53 bits per heavy atom. The quantitative estimate of drug-likeness (QED) is 0.641. The fourth-order valence-electron chi connectivity index (χ4n) is 3.88. The van der Waals surface area contributed by atoms with Crippen LogP contribution in [0.15, 0.2) is 0 Å². The summed E-state index contributed by atoms with van der Waals surface area (Å²) in [5.41, 5.74) is 0.0927. The van der Waals surface area contributed by atoms with Crippen LogP contribution in [0.1, 0.15) is 64.7 Å². The van der Waals surface area contributed by atoms with Gasteiger partial charge in [-0.05, 0) is 37.5 Å². The first kappa shape index (κ1) is 11.2. The second-order valence-electron chi connectivity index (χ2n) is 5.70. The van der Waals surface area contributed by atoms with Crippen LogP contribution in [-0.4, -0.2) is 6.29 Å². The van der Waals surface area contributed by atoms with Crippen LogP contribution in [0, 0.1) is 17.3 Å². The Labute approximate surface area is 93.6 Å². The van der Waals surface area contributed by atoms with Crippen molar-refractivity contribution >= 4 is 6.29 Å². The van der Waals surface area contributed by atoms with Crippen molar-refractivity contribution in [2.45, 2.75) is 64.7 Å². The summed E-state index contributed by atoms with van der Waals surface area (Å²) >= 11 is 0. The molecule has 86 valence electrons. The predicted octanol–water partition coefficient (Wildman–Crippen LogP) is 3.96. The van der Waals surface area contributed by atoms with Gasteiger partial charge in [-0.15, -0.1) is 0 Å². The van der Waals surface area contributed by atoms with Crippen molar-refractivity contribution in [3.05, 3.63) is 0 Å². The summed E-state index contributed by atoms with van der Waals surface area (Å²) in [6.45, 7) is 2.28. The highest BCUT2D eigenvalue weighted by molar-refractivity contribution is 5.60. The molecule has 0 amide bonds. The SMILES string of the molecule is CCC1CCCC(C=O)(C2CCCC2)C1. The van der Waals surface area contributed by atoms with Gasteiger partial charge in [-0.1, -0.05) is 39.0 Å². The minimum Gasteiger partial charge on any atom is -0.303 e. The van der Waals surface area contributed by atoms with E-state index in [-0.39, 0.29) is 5.41 Å². The molecule has 2 saturated carbocycles. The number of carbonyl (C=O) groups excluding carboxylic acids is 1. The highest BCUT2D eigenvalue weighted by atomic mass is 16.1. The number of rotatable bonds is 3. The maximum Gasteiger partial charge on any atom is 0.126 e. The second-order valence-corrected chi connectivity index (χ2v) is 5.70. The first-order valence-corrected chi connectivity index (χ1v) is 6.77. The topological polar surface area (TPSA) is 17.1 Å². The monoisotopic (exact) mass is 208 g/mol. The van der Waals surface area contributed by atoms with E-state index >= 15 is 0 Å². The van der Waals surface area contributed by atoms with Crippen molar-refractivity contribution in [3.8, 4) is 0 Å². The molecule has 0 bridgehead atoms. The molecule has 2 atom stereocenters. The van der Waals surface area contributed by atoms with Gasteiger partial charge in [0.1, 0.15) is 6.29 Å². The average molecular weight is 208 g/mol. The van der Waals surface area contributed by atoms with Gasteiger partial charge in [0.15, 0.2) is 0 Å². The Balaban J connectivity index is 2.08. The van der Waals surface area contributed by atoms with Gasteiger partial charge in [0, 0.05) is 5.41 Å². The average Bonchev–Trinajstić information content (AvgIpc) is 2.83. The molecule has 2 aliphatic rings. The lowest BCUT2D eigenvalue weighted by molar-refractivity contribution is -0.122. The standard InChI is InChI=1S/C14H24O/c1-2-12-6-5-9-14(10-12,11-15)13-7-3-4-8-13/h11-13H,2-10H2,1H3. The van der Waals surface area contributed by atoms with Crippen molar-refractivity contribution in [1.82, 2.24) is 0 Å². The normalized spacial score (nSPS) is 38.1. The van der Waals surface area contributed by atoms with Gasteiger partial charge in [0.2, 0.25) is 0 Å². The zero-order chi connectivity index (χ0) is 10.7. The van der Waals surface area contributed by atoms with E-state index in [9.17, 15) is 4.79 Å². The molecule has 0 spiro atoms. The Kier molecular flexibility index (Phi) is 3.48. The molecule has 0 aliphatic heterocycles. The van der Waals surface area contributed by atoms with E-state index in [0.29, 0.717) is 0 Å². The zero-order valence-electron chi connectivity index (χ0n) is 10.0. The molecule has 0 saturated heterocycles. The molecule has 0 aromatic carbocycles. The van der Waals surface area contributed by atoms with E-state index < -0.39 is 0 Å². The highest BCUT2D eigenvalue weighted by Crippen LogP contribution is 2.49. The van der Waals surface area contributed by atoms with Crippen LogP contribution in [0.4, 0.5) is 0 Å². The molecule has 15 heavy (non-hydrogen) atoms. The van der Waals surface area contributed by atoms with E-state index in [1.54, 1.807) is 0 Å². The summed E-state index contributed by atoms with van der Waals surface area (Å²) in [6.07, 6.45) is 13.0. The van der Waals surface area contributed by atoms with Gasteiger partial charge in [-0.25, -0.2) is 0 Å². The molecule has 0 aromatic rings. The highest BCUT2D eigenvalue weighted by Gasteiger charge is 2.42. The lowest BCUT2D eigenvalue weighted by Crippen LogP contribution is -2.36. The third-order valence-electron chi connectivity index (χ3n) is 4.90. The Morgan fingerprint density at radius 2 is 1.93 bits per heavy atom. The molecule has 2 unspecified atom stereocenters. The second kappa shape index (κ2) is 4.67. The van der Waals surface area contributed by atoms with Crippen LogP contribution in [0.25, 0.3) is 0 Å². The van der Waals surface area contributed by atoms with E-state index in [2.05, 4.69) is 6.92 Å². The van der Waals surface area contributed by atoms with Gasteiger partial charge in [-0.3, -0.25) is 0 Å². The van der Waals surface area contributed by atoms with Crippen LogP contribution in [0.5, 0.6) is 0 Å². The third kappa shape index (κ3) is 2.11. The van der Waals surface area contributed by atoms with Crippen LogP contribution in [0.2, 0.25) is 0 Å². The Bertz CT molecular complexity index is 217. The zero-order valence-corrected chi connectivity index (χ0v) is 10.0. The van der Waals surface area contributed by atoms with E-state index in [1.165, 1.54) is 64.1 Å². The largest absolute Gasteiger partial charge is 0.303 e. The van der Waals surface area contributed by atoms with Crippen molar-refractivity contribution in [3.63, 3.8) is 0 Å². The smallest absolute Gasteiger partial charge is 0.126 e. The fourth-order valence-corrected chi connectivity index (χ4v) is 3.88. The summed E-state index contributed by atoms with van der Waals surface area (Å²) in [4.78, 5) is 11.5. The number of hydrogen-bond acceptors (Lipinski definition) is 1. The summed E-state index contributed by atoms with van der Waals surface area (Å²) in [5.74, 6) is 1.55. The lowest BCUT2D eigenvalue weighted by Gasteiger charge is -2.41. The number of carbonyl (C=O) groups is 1. The van der Waals surface area contributed by atoms with Crippen molar-refractivity contribution in [1.29, 1.82) is 0 Å². The van der Waals surface area contributed by atoms with Gasteiger partial charge < -0.3 is 4.79 Å². The molecule has 2 aliphatic carbocycles. The summed E-state index contributed by atoms with van der Waals surface area (Å²) in [6, 6.07) is 0. The summed E-state index contributed by atoms with van der Waals surface area (Å²) in [7, 11) is 0. The van der Waals surface area contributed by atoms with E-state index in [0.717, 1.165) is 11.8 Å². The van der Waals surface area contributed by atoms with E-state index in [1.807, 2.05) is 0 Å². The molecular formula is C14H24O. The van der Waals surface area contributed by atoms with Crippen molar-refractivity contribution in [2.24, 2.45) is 17.3 Å². The van der Waals surface area contributed by atoms with Gasteiger partial charge in [-0.2, -0.15) is 0 Å². The van der Waals surface area contributed by atoms with Gasteiger partial charge in [0.05, 0.1) is 0 Å². The van der Waals surface area contributed by atoms with Gasteiger partial charge in [0.25, 0.3) is 0 Å². The molecule has 0 N–H and O–H groups in total. The maximum atomic E-state index is 11.5. The van der Waals surface area contributed by atoms with Crippen LogP contribution in [-0.2, 0) is 4.79 Å². The minimum absolute atomic E-state index is 0.0927. The Morgan fingerprint density at radius 1 is 1.20 bits per heavy atom. The predicted molar refractivity (Wildman–Crippen MR) is 62.7 cm³/mol. The molecule has 2 fully saturated rings. The molecule has 0 heterocycles. The van der Waals surface area contributed by atoms with Gasteiger partial charge >= 0.3 is 0 Å². The number of aldehydes is 1. The van der Waals surface area contributed by atoms with Crippen molar-refractivity contribution in [2.75, 3.05) is 0 Å². The summed E-state index contributed by atoms with van der Waals surface area (Å²) in [5, 5.41) is 0. The van der Waals surface area contributed by atoms with Crippen LogP contribution >= 0.6 is 0 Å². The first-order chi connectivity index (χ1) is 7.30. The lowest BCUT2D eigenvalue weighted by atomic mass is 9.63. The molecule has 0 radical (unpaired) electrons. The summed E-state index contributed by atoms with van der Waals surface area (Å²) < 4.78 is 0. The first-order valence-electron chi connectivity index (χ1n) is 6.77. The number of hydrogen-bond donors (Lipinski definition) is 0. The molecule has 0 aromatic heterocycles. The molecule has 1 heteroatoms. The molecule has 2 rings (SSSR count). The van der Waals surface area contributed by atoms with Crippen LogP contribution < -0.4 is 0 Å². The maximum absolute atomic E-state index is 11.5. The Hall–Kier alpha value is -0.330. The molecular weight excluding hydrogens is 184 g/mol. The van der Waals surface area contributed by atoms with Crippen molar-refractivity contribution < 1.29 is 4.79 Å².